The van der Waals surface area contributed by atoms with Gasteiger partial charge in [-0.3, -0.25) is 0 Å². The van der Waals surface area contributed by atoms with Crippen LogP contribution in [-0.4, -0.2) is 47.2 Å². The largest absolute Gasteiger partial charge is 0.438 e. The van der Waals surface area contributed by atoms with E-state index in [9.17, 15) is 5.21 Å². The first kappa shape index (κ1) is 17.2. The van der Waals surface area contributed by atoms with Gasteiger partial charge >= 0.3 is 0 Å². The van der Waals surface area contributed by atoms with Crippen molar-refractivity contribution in [3.63, 3.8) is 0 Å². The smallest absolute Gasteiger partial charge is 0.230 e. The van der Waals surface area contributed by atoms with Crippen LogP contribution in [0.1, 0.15) is 30.9 Å². The van der Waals surface area contributed by atoms with Gasteiger partial charge in [0.05, 0.1) is 18.8 Å². The summed E-state index contributed by atoms with van der Waals surface area (Å²) in [5.41, 5.74) is 1.90. The van der Waals surface area contributed by atoms with Crippen molar-refractivity contribution >= 4 is 5.84 Å². The number of pyridine rings is 1. The lowest BCUT2D eigenvalue weighted by molar-refractivity contribution is 0.0667. The molecule has 1 aliphatic heterocycles. The van der Waals surface area contributed by atoms with E-state index in [4.69, 9.17) is 9.47 Å². The standard InChI is InChI=1S/C19H23N3O3/c1-14(2)15-5-7-16(8-6-15)25-19-17(4-3-9-20-19)18(21-23)22-10-12-24-13-11-22/h3-9,14,23H,10-13H2,1-2H3/b21-18-. The molecule has 6 nitrogen and oxygen atoms in total. The predicted molar refractivity (Wildman–Crippen MR) is 95.6 cm³/mol. The highest BCUT2D eigenvalue weighted by atomic mass is 16.5. The van der Waals surface area contributed by atoms with Gasteiger partial charge in [0, 0.05) is 19.3 Å². The monoisotopic (exact) mass is 341 g/mol. The molecule has 3 rings (SSSR count). The molecule has 6 heteroatoms. The molecule has 1 N–H and O–H groups in total. The Balaban J connectivity index is 1.85. The molecule has 0 aliphatic carbocycles. The molecule has 0 amide bonds. The number of benzene rings is 1. The molecule has 0 unspecified atom stereocenters. The second-order valence-corrected chi connectivity index (χ2v) is 6.20. The Morgan fingerprint density at radius 2 is 1.92 bits per heavy atom. The number of morpholine rings is 1. The number of nitrogens with zero attached hydrogens (tertiary/aromatic N) is 3. The van der Waals surface area contributed by atoms with Crippen LogP contribution in [0.25, 0.3) is 0 Å². The summed E-state index contributed by atoms with van der Waals surface area (Å²) in [5.74, 6) is 2.03. The number of rotatable bonds is 4. The Morgan fingerprint density at radius 1 is 1.20 bits per heavy atom. The van der Waals surface area contributed by atoms with Crippen molar-refractivity contribution in [3.05, 3.63) is 53.7 Å². The molecular weight excluding hydrogens is 318 g/mol. The minimum Gasteiger partial charge on any atom is -0.438 e. The van der Waals surface area contributed by atoms with Gasteiger partial charge in [-0.05, 0) is 35.7 Å². The van der Waals surface area contributed by atoms with E-state index in [0.29, 0.717) is 55.2 Å². The number of hydrogen-bond donors (Lipinski definition) is 1. The van der Waals surface area contributed by atoms with Crippen LogP contribution in [0.3, 0.4) is 0 Å². The highest BCUT2D eigenvalue weighted by Gasteiger charge is 2.21. The lowest BCUT2D eigenvalue weighted by Gasteiger charge is -2.29. The summed E-state index contributed by atoms with van der Waals surface area (Å²) < 4.78 is 11.3. The number of amidine groups is 1. The van der Waals surface area contributed by atoms with Crippen molar-refractivity contribution in [1.82, 2.24) is 9.88 Å². The van der Waals surface area contributed by atoms with Crippen molar-refractivity contribution in [2.24, 2.45) is 5.16 Å². The molecule has 0 saturated carbocycles. The van der Waals surface area contributed by atoms with Crippen LogP contribution in [0, 0.1) is 0 Å². The second-order valence-electron chi connectivity index (χ2n) is 6.20. The van der Waals surface area contributed by atoms with Crippen LogP contribution in [0.5, 0.6) is 11.6 Å². The average molecular weight is 341 g/mol. The minimum absolute atomic E-state index is 0.416. The molecule has 1 aromatic heterocycles. The summed E-state index contributed by atoms with van der Waals surface area (Å²) in [6.07, 6.45) is 1.66. The van der Waals surface area contributed by atoms with E-state index in [1.54, 1.807) is 12.3 Å². The van der Waals surface area contributed by atoms with Gasteiger partial charge in [-0.25, -0.2) is 4.98 Å². The molecule has 1 aliphatic rings. The van der Waals surface area contributed by atoms with Crippen LogP contribution in [0.2, 0.25) is 0 Å². The average Bonchev–Trinajstić information content (AvgIpc) is 2.65. The van der Waals surface area contributed by atoms with E-state index in [0.717, 1.165) is 0 Å². The Bertz CT molecular complexity index is 723. The van der Waals surface area contributed by atoms with Crippen LogP contribution < -0.4 is 4.74 Å². The quantitative estimate of drug-likeness (QED) is 0.399. The number of ether oxygens (including phenoxy) is 2. The number of hydrogen-bond acceptors (Lipinski definition) is 5. The molecule has 25 heavy (non-hydrogen) atoms. The summed E-state index contributed by atoms with van der Waals surface area (Å²) in [6.45, 7) is 6.84. The summed E-state index contributed by atoms with van der Waals surface area (Å²) in [4.78, 5) is 6.29. The molecule has 0 radical (unpaired) electrons. The molecule has 2 heterocycles. The maximum absolute atomic E-state index is 9.54. The van der Waals surface area contributed by atoms with E-state index in [-0.39, 0.29) is 0 Å². The maximum atomic E-state index is 9.54. The molecule has 0 spiro atoms. The van der Waals surface area contributed by atoms with Gasteiger partial charge < -0.3 is 19.6 Å². The van der Waals surface area contributed by atoms with E-state index in [2.05, 4.69) is 24.0 Å². The summed E-state index contributed by atoms with van der Waals surface area (Å²) in [5, 5.41) is 13.0. The third-order valence-electron chi connectivity index (χ3n) is 4.18. The predicted octanol–water partition coefficient (Wildman–Crippen LogP) is 3.47. The summed E-state index contributed by atoms with van der Waals surface area (Å²) in [6, 6.07) is 11.6. The summed E-state index contributed by atoms with van der Waals surface area (Å²) in [7, 11) is 0. The highest BCUT2D eigenvalue weighted by molar-refractivity contribution is 6.00. The first-order valence-corrected chi connectivity index (χ1v) is 8.47. The normalized spacial score (nSPS) is 15.5. The molecule has 1 saturated heterocycles. The SMILES string of the molecule is CC(C)c1ccc(Oc2ncccc2/C(=N/O)N2CCOCC2)cc1. The molecular formula is C19H23N3O3. The van der Waals surface area contributed by atoms with E-state index in [1.807, 2.05) is 35.2 Å². The Kier molecular flexibility index (Phi) is 5.50. The van der Waals surface area contributed by atoms with E-state index in [1.165, 1.54) is 5.56 Å². The first-order valence-electron chi connectivity index (χ1n) is 8.47. The Hall–Kier alpha value is -2.60. The lowest BCUT2D eigenvalue weighted by Crippen LogP contribution is -2.41. The fourth-order valence-electron chi connectivity index (χ4n) is 2.74. The van der Waals surface area contributed by atoms with Gasteiger partial charge in [0.1, 0.15) is 5.75 Å². The topological polar surface area (TPSA) is 67.2 Å². The van der Waals surface area contributed by atoms with Gasteiger partial charge in [0.15, 0.2) is 5.84 Å². The van der Waals surface area contributed by atoms with Crippen LogP contribution in [0.4, 0.5) is 0 Å². The van der Waals surface area contributed by atoms with Gasteiger partial charge in [0.25, 0.3) is 0 Å². The highest BCUT2D eigenvalue weighted by Crippen LogP contribution is 2.26. The van der Waals surface area contributed by atoms with Crippen molar-refractivity contribution in [1.29, 1.82) is 0 Å². The van der Waals surface area contributed by atoms with Crippen molar-refractivity contribution in [2.75, 3.05) is 26.3 Å². The maximum Gasteiger partial charge on any atom is 0.230 e. The van der Waals surface area contributed by atoms with Gasteiger partial charge in [-0.1, -0.05) is 31.1 Å². The fraction of sp³-hybridized carbons (Fsp3) is 0.368. The molecule has 132 valence electrons. The minimum atomic E-state index is 0.416. The lowest BCUT2D eigenvalue weighted by atomic mass is 10.0. The number of aromatic nitrogens is 1. The van der Waals surface area contributed by atoms with Gasteiger partial charge in [-0.2, -0.15) is 0 Å². The van der Waals surface area contributed by atoms with Crippen molar-refractivity contribution < 1.29 is 14.7 Å². The summed E-state index contributed by atoms with van der Waals surface area (Å²) >= 11 is 0. The second kappa shape index (κ2) is 7.98. The molecule has 1 fully saturated rings. The zero-order valence-corrected chi connectivity index (χ0v) is 14.6. The molecule has 2 aromatic rings. The van der Waals surface area contributed by atoms with Crippen LogP contribution >= 0.6 is 0 Å². The third-order valence-corrected chi connectivity index (χ3v) is 4.18. The zero-order valence-electron chi connectivity index (χ0n) is 14.6. The Labute approximate surface area is 147 Å². The Morgan fingerprint density at radius 3 is 2.56 bits per heavy atom. The number of oxime groups is 1. The van der Waals surface area contributed by atoms with Crippen LogP contribution in [0.15, 0.2) is 47.8 Å². The van der Waals surface area contributed by atoms with E-state index >= 15 is 0 Å². The third kappa shape index (κ3) is 4.09. The molecule has 0 bridgehead atoms. The van der Waals surface area contributed by atoms with Crippen LogP contribution in [-0.2, 0) is 4.74 Å². The van der Waals surface area contributed by atoms with Gasteiger partial charge in [-0.15, -0.1) is 0 Å². The van der Waals surface area contributed by atoms with Gasteiger partial charge in [0.2, 0.25) is 5.88 Å². The zero-order chi connectivity index (χ0) is 17.6. The molecule has 1 aromatic carbocycles. The van der Waals surface area contributed by atoms with Crippen molar-refractivity contribution in [3.8, 4) is 11.6 Å². The molecule has 0 atom stereocenters. The van der Waals surface area contributed by atoms with Crippen molar-refractivity contribution in [2.45, 2.75) is 19.8 Å². The van der Waals surface area contributed by atoms with E-state index < -0.39 is 0 Å². The first-order chi connectivity index (χ1) is 12.2. The fourth-order valence-corrected chi connectivity index (χ4v) is 2.74.